The molecule has 6 heterocycles. The van der Waals surface area contributed by atoms with Crippen LogP contribution in [-0.2, 0) is 47.2 Å². The number of rotatable bonds is 14. The van der Waals surface area contributed by atoms with E-state index in [4.69, 9.17) is 9.72 Å². The summed E-state index contributed by atoms with van der Waals surface area (Å²) in [6, 6.07) is 31.9. The van der Waals surface area contributed by atoms with Crippen molar-refractivity contribution in [2.24, 2.45) is 7.05 Å². The van der Waals surface area contributed by atoms with Gasteiger partial charge in [0, 0.05) is 60.6 Å². The maximum absolute atomic E-state index is 13.6. The Labute approximate surface area is 405 Å². The molecule has 4 aromatic heterocycles. The van der Waals surface area contributed by atoms with Crippen molar-refractivity contribution in [3.05, 3.63) is 154 Å². The van der Waals surface area contributed by atoms with Crippen LogP contribution in [0.3, 0.4) is 0 Å². The topological polar surface area (TPSA) is 211 Å². The van der Waals surface area contributed by atoms with Crippen LogP contribution in [0.2, 0.25) is 0 Å². The van der Waals surface area contributed by atoms with Gasteiger partial charge in [0.2, 0.25) is 17.7 Å². The number of para-hydroxylation sites is 1. The number of pyridine rings is 2. The number of aromatic nitrogens is 5. The lowest BCUT2D eigenvalue weighted by molar-refractivity contribution is -0.134. The Hall–Kier alpha value is -8.31. The monoisotopic (exact) mass is 953 g/mol. The predicted molar refractivity (Wildman–Crippen MR) is 266 cm³/mol. The Morgan fingerprint density at radius 2 is 1.77 bits per heavy atom. The number of carboxylic acid groups (broad SMARTS) is 1. The summed E-state index contributed by atoms with van der Waals surface area (Å²) in [7, 11) is 1.78. The Morgan fingerprint density at radius 3 is 2.59 bits per heavy atom. The molecule has 4 N–H and O–H groups in total. The van der Waals surface area contributed by atoms with Crippen molar-refractivity contribution in [2.75, 3.05) is 28.7 Å². The van der Waals surface area contributed by atoms with Gasteiger partial charge >= 0.3 is 5.97 Å². The average Bonchev–Trinajstić information content (AvgIpc) is 3.92. The van der Waals surface area contributed by atoms with Gasteiger partial charge in [-0.1, -0.05) is 53.8 Å². The highest BCUT2D eigenvalue weighted by atomic mass is 32.1. The van der Waals surface area contributed by atoms with Crippen LogP contribution in [0.4, 0.5) is 16.6 Å². The lowest BCUT2D eigenvalue weighted by Crippen LogP contribution is -2.39. The highest BCUT2D eigenvalue weighted by Gasteiger charge is 2.32. The maximum atomic E-state index is 13.6. The lowest BCUT2D eigenvalue weighted by atomic mass is 9.93. The molecular formula is C53H47N9O7S. The second-order valence-corrected chi connectivity index (χ2v) is 18.5. The van der Waals surface area contributed by atoms with Crippen LogP contribution < -0.4 is 25.6 Å². The molecule has 10 rings (SSSR count). The quantitative estimate of drug-likeness (QED) is 0.0601. The number of thiazole rings is 1. The minimum Gasteiger partial charge on any atom is -0.493 e. The molecule has 0 spiro atoms. The molecule has 0 bridgehead atoms. The molecule has 352 valence electrons. The summed E-state index contributed by atoms with van der Waals surface area (Å²) in [6.07, 6.45) is 4.54. The van der Waals surface area contributed by atoms with Crippen molar-refractivity contribution in [3.63, 3.8) is 0 Å². The number of imide groups is 1. The van der Waals surface area contributed by atoms with Gasteiger partial charge < -0.3 is 20.1 Å². The van der Waals surface area contributed by atoms with E-state index in [9.17, 15) is 29.1 Å². The molecular weight excluding hydrogens is 907 g/mol. The molecule has 0 saturated carbocycles. The number of hydrogen-bond donors (Lipinski definition) is 4. The highest BCUT2D eigenvalue weighted by molar-refractivity contribution is 7.22. The molecule has 8 aromatic rings. The van der Waals surface area contributed by atoms with Gasteiger partial charge in [-0.25, -0.2) is 14.8 Å². The van der Waals surface area contributed by atoms with E-state index >= 15 is 0 Å². The number of piperidine rings is 1. The highest BCUT2D eigenvalue weighted by Crippen LogP contribution is 2.36. The van der Waals surface area contributed by atoms with Crippen LogP contribution in [-0.4, -0.2) is 72.6 Å². The number of carbonyl (C=O) groups excluding carboxylic acids is 4. The summed E-state index contributed by atoms with van der Waals surface area (Å²) < 4.78 is 8.90. The average molecular weight is 954 g/mol. The van der Waals surface area contributed by atoms with Crippen molar-refractivity contribution < 1.29 is 33.8 Å². The molecule has 1 fully saturated rings. The van der Waals surface area contributed by atoms with Gasteiger partial charge in [-0.05, 0) is 121 Å². The van der Waals surface area contributed by atoms with E-state index in [1.54, 1.807) is 36.1 Å². The number of benzene rings is 4. The van der Waals surface area contributed by atoms with Crippen molar-refractivity contribution in [3.8, 4) is 16.9 Å². The summed E-state index contributed by atoms with van der Waals surface area (Å²) in [5.41, 5.74) is 8.74. The molecule has 0 aliphatic carbocycles. The van der Waals surface area contributed by atoms with Crippen molar-refractivity contribution in [1.29, 1.82) is 0 Å². The number of aryl methyl sites for hydroxylation is 2. The summed E-state index contributed by atoms with van der Waals surface area (Å²) in [4.78, 5) is 79.4. The number of fused-ring (bicyclic) bond motifs is 3. The van der Waals surface area contributed by atoms with Crippen LogP contribution in [0.1, 0.15) is 79.7 Å². The second kappa shape index (κ2) is 19.4. The number of aromatic carboxylic acids is 1. The van der Waals surface area contributed by atoms with Crippen LogP contribution >= 0.6 is 11.3 Å². The summed E-state index contributed by atoms with van der Waals surface area (Å²) in [6.45, 7) is 3.30. The molecule has 17 heteroatoms. The van der Waals surface area contributed by atoms with E-state index in [1.807, 2.05) is 96.8 Å². The fourth-order valence-corrected chi connectivity index (χ4v) is 10.1. The van der Waals surface area contributed by atoms with E-state index in [2.05, 4.69) is 31.0 Å². The number of nitrogens with zero attached hydrogens (tertiary/aromatic N) is 6. The van der Waals surface area contributed by atoms with Crippen LogP contribution in [0, 0.1) is 6.92 Å². The number of hydrogen-bond acceptors (Lipinski definition) is 12. The van der Waals surface area contributed by atoms with Gasteiger partial charge in [0.1, 0.15) is 11.6 Å². The van der Waals surface area contributed by atoms with Gasteiger partial charge in [-0.3, -0.25) is 39.5 Å². The number of nitrogens with one attached hydrogen (secondary N) is 3. The predicted octanol–water partition coefficient (Wildman–Crippen LogP) is 8.17. The molecule has 4 amide bonds. The maximum Gasteiger partial charge on any atom is 0.355 e. The summed E-state index contributed by atoms with van der Waals surface area (Å²) >= 11 is 1.42. The van der Waals surface area contributed by atoms with E-state index in [0.717, 1.165) is 43.4 Å². The zero-order valence-corrected chi connectivity index (χ0v) is 39.1. The van der Waals surface area contributed by atoms with Gasteiger partial charge in [0.15, 0.2) is 10.8 Å². The standard InChI is InChI=1S/C53H47N9O7S/c1-30-35(36-19-21-45(57-49(36)52(67)68)62-24-23-32-9-5-11-37(40(32)29-62)50(65)59-53-56-41-12-3-4-14-44(41)70-53)10-6-13-43(30)69-25-7-8-31-15-16-33(54-28-31)27-47(64)55-34-17-18-38-42(26-34)61(2)60-48(38)39-20-22-46(63)58-51(39)66/h3-6,9-19,21,26,28,39H,7-8,20,22-25,27,29H2,1-2H3,(H,55,64)(H,67,68)(H,56,59,65)(H,58,63,66). The van der Waals surface area contributed by atoms with E-state index < -0.39 is 11.9 Å². The SMILES string of the molecule is Cc1c(OCCCc2ccc(CC(=O)Nc3ccc4c(C5CCC(=O)NC5=O)nn(C)c4c3)nc2)cccc1-c1ccc(N2CCc3cccc(C(=O)Nc4nc5ccccc5s4)c3C2)nc1C(=O)O. The Balaban J connectivity index is 0.738. The number of amides is 4. The first-order valence-corrected chi connectivity index (χ1v) is 23.8. The fourth-order valence-electron chi connectivity index (χ4n) is 9.26. The van der Waals surface area contributed by atoms with E-state index in [1.165, 1.54) is 11.3 Å². The van der Waals surface area contributed by atoms with Crippen LogP contribution in [0.5, 0.6) is 5.75 Å². The summed E-state index contributed by atoms with van der Waals surface area (Å²) in [5.74, 6) is -1.63. The molecule has 2 aliphatic rings. The molecule has 1 atom stereocenters. The zero-order valence-electron chi connectivity index (χ0n) is 38.3. The Morgan fingerprint density at radius 1 is 0.914 bits per heavy atom. The number of carboxylic acids is 1. The smallest absolute Gasteiger partial charge is 0.355 e. The summed E-state index contributed by atoms with van der Waals surface area (Å²) in [5, 5.41) is 24.7. The Bertz CT molecular complexity index is 3350. The number of carbonyl (C=O) groups is 5. The van der Waals surface area contributed by atoms with Crippen molar-refractivity contribution >= 4 is 78.7 Å². The first-order valence-electron chi connectivity index (χ1n) is 23.0. The third-order valence-corrected chi connectivity index (χ3v) is 13.8. The number of anilines is 3. The minimum absolute atomic E-state index is 0.0760. The molecule has 16 nitrogen and oxygen atoms in total. The van der Waals surface area contributed by atoms with Gasteiger partial charge in [0.05, 0.1) is 40.4 Å². The third kappa shape index (κ3) is 9.43. The Kier molecular flexibility index (Phi) is 12.6. The van der Waals surface area contributed by atoms with Gasteiger partial charge in [-0.2, -0.15) is 5.10 Å². The molecule has 2 aliphatic heterocycles. The number of ether oxygens (including phenoxy) is 1. The molecule has 1 unspecified atom stereocenters. The molecule has 1 saturated heterocycles. The van der Waals surface area contributed by atoms with E-state index in [-0.39, 0.29) is 42.2 Å². The van der Waals surface area contributed by atoms with Crippen molar-refractivity contribution in [2.45, 2.75) is 57.9 Å². The largest absolute Gasteiger partial charge is 0.493 e. The second-order valence-electron chi connectivity index (χ2n) is 17.4. The molecule has 0 radical (unpaired) electrons. The molecule has 70 heavy (non-hydrogen) atoms. The third-order valence-electron chi connectivity index (χ3n) is 12.8. The van der Waals surface area contributed by atoms with Crippen LogP contribution in [0.15, 0.2) is 109 Å². The van der Waals surface area contributed by atoms with E-state index in [0.29, 0.717) is 95.8 Å². The molecule has 4 aromatic carbocycles. The normalized spacial score (nSPS) is 14.6. The first-order chi connectivity index (χ1) is 33.9. The van der Waals surface area contributed by atoms with Gasteiger partial charge in [0.25, 0.3) is 5.91 Å². The fraction of sp³-hybridized carbons (Fsp3) is 0.226. The zero-order chi connectivity index (χ0) is 48.5. The van der Waals surface area contributed by atoms with Crippen molar-refractivity contribution in [1.82, 2.24) is 30.0 Å². The first kappa shape index (κ1) is 45.5. The van der Waals surface area contributed by atoms with Gasteiger partial charge in [-0.15, -0.1) is 0 Å². The minimum atomic E-state index is -1.15. The van der Waals surface area contributed by atoms with Crippen LogP contribution in [0.25, 0.3) is 32.2 Å². The lowest BCUT2D eigenvalue weighted by Gasteiger charge is -2.31.